The van der Waals surface area contributed by atoms with E-state index >= 15 is 0 Å². The second-order valence-electron chi connectivity index (χ2n) is 1.02. The Morgan fingerprint density at radius 2 is 1.43 bits per heavy atom. The van der Waals surface area contributed by atoms with Crippen LogP contribution in [0.4, 0.5) is 0 Å². The van der Waals surface area contributed by atoms with Gasteiger partial charge in [0.05, 0.1) is 0 Å². The summed E-state index contributed by atoms with van der Waals surface area (Å²) >= 11 is 2.96. The van der Waals surface area contributed by atoms with Crippen LogP contribution in [0, 0.1) is 0 Å². The standard InChI is InChI=1S/C4H10Se3/c1-5-3-7-4-6-2/h3-4H2,1-2H3. The Kier molecular flexibility index (Phi) is 9.24. The van der Waals surface area contributed by atoms with Crippen LogP contribution in [0.15, 0.2) is 0 Å². The first-order valence-electron chi connectivity index (χ1n) is 1.97. The molecule has 0 saturated carbocycles. The first-order chi connectivity index (χ1) is 3.41. The fourth-order valence-corrected chi connectivity index (χ4v) is 9.27. The molecule has 0 fully saturated rings. The SMILES string of the molecule is C[Se]C[Se]C[Se]C. The van der Waals surface area contributed by atoms with Crippen LogP contribution in [0.3, 0.4) is 0 Å². The van der Waals surface area contributed by atoms with Crippen LogP contribution in [-0.4, -0.2) is 44.9 Å². The van der Waals surface area contributed by atoms with Crippen molar-refractivity contribution in [1.29, 1.82) is 0 Å². The third-order valence-corrected chi connectivity index (χ3v) is 10.9. The number of hydrogen-bond donors (Lipinski definition) is 0. The molecule has 0 rings (SSSR count). The predicted octanol–water partition coefficient (Wildman–Crippen LogP) is 0.947. The molecule has 0 radical (unpaired) electrons. The summed E-state index contributed by atoms with van der Waals surface area (Å²) in [5, 5.41) is 0. The molecule has 0 aromatic rings. The van der Waals surface area contributed by atoms with Crippen molar-refractivity contribution in [3.05, 3.63) is 0 Å². The van der Waals surface area contributed by atoms with Gasteiger partial charge in [0.2, 0.25) is 0 Å². The molecule has 0 amide bonds. The monoisotopic (exact) mass is 298 g/mol. The average Bonchev–Trinajstić information content (AvgIpc) is 1.69. The second kappa shape index (κ2) is 7.56. The van der Waals surface area contributed by atoms with Crippen molar-refractivity contribution >= 4 is 44.9 Å². The van der Waals surface area contributed by atoms with E-state index in [4.69, 9.17) is 0 Å². The van der Waals surface area contributed by atoms with Crippen LogP contribution >= 0.6 is 0 Å². The first-order valence-corrected chi connectivity index (χ1v) is 10.2. The molecule has 3 heteroatoms. The topological polar surface area (TPSA) is 0 Å². The van der Waals surface area contributed by atoms with Gasteiger partial charge in [-0.05, 0) is 0 Å². The first kappa shape index (κ1) is 8.56. The van der Waals surface area contributed by atoms with E-state index < -0.39 is 0 Å². The minimum absolute atomic E-state index is 0.964. The molecule has 0 bridgehead atoms. The molecule has 0 aliphatic rings. The Hall–Kier alpha value is 1.56. The zero-order chi connectivity index (χ0) is 5.54. The van der Waals surface area contributed by atoms with Gasteiger partial charge in [0.1, 0.15) is 0 Å². The second-order valence-corrected chi connectivity index (χ2v) is 10.4. The van der Waals surface area contributed by atoms with Gasteiger partial charge in [0, 0.05) is 0 Å². The third-order valence-electron chi connectivity index (χ3n) is 0.402. The van der Waals surface area contributed by atoms with Gasteiger partial charge in [-0.1, -0.05) is 0 Å². The van der Waals surface area contributed by atoms with E-state index in [2.05, 4.69) is 11.6 Å². The summed E-state index contributed by atoms with van der Waals surface area (Å²) in [6, 6.07) is 0. The Morgan fingerprint density at radius 3 is 1.71 bits per heavy atom. The molecule has 7 heavy (non-hydrogen) atoms. The summed E-state index contributed by atoms with van der Waals surface area (Å²) in [5.41, 5.74) is 0. The summed E-state index contributed by atoms with van der Waals surface area (Å²) in [5.74, 6) is 4.66. The molecule has 0 aliphatic carbocycles. The van der Waals surface area contributed by atoms with Gasteiger partial charge in [-0.2, -0.15) is 0 Å². The van der Waals surface area contributed by atoms with Crippen molar-refractivity contribution in [2.45, 2.75) is 20.1 Å². The molecular formula is C4H10Se3. The van der Waals surface area contributed by atoms with E-state index in [-0.39, 0.29) is 0 Å². The Balaban J connectivity index is 2.45. The van der Waals surface area contributed by atoms with Gasteiger partial charge in [-0.25, -0.2) is 0 Å². The van der Waals surface area contributed by atoms with Crippen molar-refractivity contribution in [2.75, 3.05) is 0 Å². The van der Waals surface area contributed by atoms with Gasteiger partial charge in [-0.3, -0.25) is 0 Å². The van der Waals surface area contributed by atoms with Crippen molar-refractivity contribution in [1.82, 2.24) is 0 Å². The van der Waals surface area contributed by atoms with Crippen LogP contribution in [0.5, 0.6) is 0 Å². The van der Waals surface area contributed by atoms with Crippen LogP contribution in [-0.2, 0) is 0 Å². The molecule has 0 aliphatic heterocycles. The number of hydrogen-bond acceptors (Lipinski definition) is 0. The van der Waals surface area contributed by atoms with Crippen molar-refractivity contribution in [3.63, 3.8) is 0 Å². The van der Waals surface area contributed by atoms with Gasteiger partial charge >= 0.3 is 64.9 Å². The summed E-state index contributed by atoms with van der Waals surface area (Å²) in [6.45, 7) is 0. The molecule has 0 aromatic heterocycles. The van der Waals surface area contributed by atoms with Gasteiger partial charge in [-0.15, -0.1) is 0 Å². The Bertz CT molecular complexity index is 26.1. The maximum absolute atomic E-state index is 2.33. The molecule has 0 aromatic carbocycles. The molecule has 44 valence electrons. The zero-order valence-electron chi connectivity index (χ0n) is 4.64. The van der Waals surface area contributed by atoms with Crippen LogP contribution in [0.2, 0.25) is 20.1 Å². The van der Waals surface area contributed by atoms with Crippen LogP contribution in [0.1, 0.15) is 0 Å². The average molecular weight is 295 g/mol. The zero-order valence-corrected chi connectivity index (χ0v) is 9.78. The fourth-order valence-electron chi connectivity index (χ4n) is 0.201. The molecule has 0 spiro atoms. The van der Waals surface area contributed by atoms with E-state index in [9.17, 15) is 0 Å². The normalized spacial score (nSPS) is 9.43. The molecule has 0 nitrogen and oxygen atoms in total. The van der Waals surface area contributed by atoms with Crippen LogP contribution in [0.25, 0.3) is 0 Å². The minimum atomic E-state index is 0.964. The summed E-state index contributed by atoms with van der Waals surface area (Å²) in [6.07, 6.45) is 0. The summed E-state index contributed by atoms with van der Waals surface area (Å²) in [4.78, 5) is 0. The Morgan fingerprint density at radius 1 is 1.00 bits per heavy atom. The van der Waals surface area contributed by atoms with Gasteiger partial charge in [0.15, 0.2) is 0 Å². The summed E-state index contributed by atoms with van der Waals surface area (Å²) < 4.78 is 3.13. The molecule has 0 N–H and O–H groups in total. The predicted molar refractivity (Wildman–Crippen MR) is 38.6 cm³/mol. The van der Waals surface area contributed by atoms with Crippen molar-refractivity contribution in [2.24, 2.45) is 0 Å². The van der Waals surface area contributed by atoms with Gasteiger partial charge in [0.25, 0.3) is 0 Å². The summed E-state index contributed by atoms with van der Waals surface area (Å²) in [7, 11) is 0. The number of rotatable bonds is 4. The van der Waals surface area contributed by atoms with E-state index in [0.717, 1.165) is 44.9 Å². The van der Waals surface area contributed by atoms with Crippen molar-refractivity contribution < 1.29 is 0 Å². The quantitative estimate of drug-likeness (QED) is 0.535. The van der Waals surface area contributed by atoms with E-state index in [0.29, 0.717) is 0 Å². The molecule has 0 saturated heterocycles. The molecular weight excluding hydrogens is 285 g/mol. The van der Waals surface area contributed by atoms with E-state index in [1.807, 2.05) is 0 Å². The van der Waals surface area contributed by atoms with Gasteiger partial charge < -0.3 is 0 Å². The van der Waals surface area contributed by atoms with Crippen molar-refractivity contribution in [3.8, 4) is 0 Å². The van der Waals surface area contributed by atoms with E-state index in [1.54, 1.807) is 8.44 Å². The maximum atomic E-state index is 2.33. The fraction of sp³-hybridized carbons (Fsp3) is 1.00. The molecule has 0 unspecified atom stereocenters. The third kappa shape index (κ3) is 7.56. The Labute approximate surface area is 64.7 Å². The molecule has 0 heterocycles. The molecule has 0 atom stereocenters. The van der Waals surface area contributed by atoms with E-state index in [1.165, 1.54) is 0 Å². The van der Waals surface area contributed by atoms with Crippen LogP contribution < -0.4 is 0 Å².